The van der Waals surface area contributed by atoms with Crippen molar-refractivity contribution in [2.45, 2.75) is 4.90 Å². The van der Waals surface area contributed by atoms with Gasteiger partial charge in [0.15, 0.2) is 0 Å². The van der Waals surface area contributed by atoms with E-state index in [0.29, 0.717) is 0 Å². The molecule has 3 aromatic rings. The molecule has 1 fully saturated rings. The number of hydrogen-bond donors (Lipinski definition) is 2. The first-order valence-electron chi connectivity index (χ1n) is 7.95. The molecule has 0 saturated carbocycles. The topological polar surface area (TPSA) is 51.4 Å². The third-order valence-electron chi connectivity index (χ3n) is 3.89. The standard InChI is InChI=1S/C10H13NOS.C9H8N2/c13-10-3-1-9(2-4-10)11-5-7-12-8-6-11;10-8-5-1-3-7-4-2-6-11-9(7)8/h1-4,13H,5-8H2;1-6H,10H2. The molecule has 4 rings (SSSR count). The van der Waals surface area contributed by atoms with Crippen molar-refractivity contribution in [1.82, 2.24) is 4.98 Å². The van der Waals surface area contributed by atoms with Gasteiger partial charge in [-0.3, -0.25) is 4.98 Å². The molecule has 0 amide bonds. The number of benzene rings is 2. The number of morpholine rings is 1. The molecular weight excluding hydrogens is 318 g/mol. The Labute approximate surface area is 147 Å². The fraction of sp³-hybridized carbons (Fsp3) is 0.211. The zero-order valence-electron chi connectivity index (χ0n) is 13.4. The summed E-state index contributed by atoms with van der Waals surface area (Å²) in [5.74, 6) is 0. The molecule has 0 spiro atoms. The van der Waals surface area contributed by atoms with Gasteiger partial charge in [0.25, 0.3) is 0 Å². The number of anilines is 2. The first-order valence-corrected chi connectivity index (χ1v) is 8.40. The molecule has 0 aliphatic carbocycles. The third-order valence-corrected chi connectivity index (χ3v) is 4.19. The Hall–Kier alpha value is -2.24. The van der Waals surface area contributed by atoms with Crippen LogP contribution in [-0.2, 0) is 4.74 Å². The Morgan fingerprint density at radius 3 is 2.38 bits per heavy atom. The summed E-state index contributed by atoms with van der Waals surface area (Å²) in [5, 5.41) is 1.09. The zero-order valence-corrected chi connectivity index (χ0v) is 14.3. The van der Waals surface area contributed by atoms with Gasteiger partial charge in [-0.1, -0.05) is 18.2 Å². The summed E-state index contributed by atoms with van der Waals surface area (Å²) in [6.07, 6.45) is 1.75. The molecule has 0 radical (unpaired) electrons. The summed E-state index contributed by atoms with van der Waals surface area (Å²) < 4.78 is 5.29. The van der Waals surface area contributed by atoms with Crippen LogP contribution in [0.3, 0.4) is 0 Å². The van der Waals surface area contributed by atoms with Crippen LogP contribution in [0.15, 0.2) is 65.7 Å². The van der Waals surface area contributed by atoms with Crippen molar-refractivity contribution in [2.75, 3.05) is 36.9 Å². The van der Waals surface area contributed by atoms with Crippen LogP contribution in [0, 0.1) is 0 Å². The number of nitrogen functional groups attached to an aromatic ring is 1. The molecule has 2 aromatic carbocycles. The normalized spacial score (nSPS) is 14.1. The lowest BCUT2D eigenvalue weighted by molar-refractivity contribution is 0.122. The van der Waals surface area contributed by atoms with Crippen LogP contribution in [0.25, 0.3) is 10.9 Å². The van der Waals surface area contributed by atoms with Crippen LogP contribution in [0.1, 0.15) is 0 Å². The number of rotatable bonds is 1. The van der Waals surface area contributed by atoms with E-state index >= 15 is 0 Å². The number of ether oxygens (including phenoxy) is 1. The summed E-state index contributed by atoms with van der Waals surface area (Å²) in [7, 11) is 0. The molecule has 2 heterocycles. The number of para-hydroxylation sites is 1. The fourth-order valence-corrected chi connectivity index (χ4v) is 2.76. The minimum Gasteiger partial charge on any atom is -0.397 e. The highest BCUT2D eigenvalue weighted by Crippen LogP contribution is 2.18. The van der Waals surface area contributed by atoms with Crippen LogP contribution < -0.4 is 10.6 Å². The molecule has 1 aliphatic heterocycles. The maximum Gasteiger partial charge on any atom is 0.0931 e. The number of thiol groups is 1. The number of hydrogen-bond acceptors (Lipinski definition) is 5. The van der Waals surface area contributed by atoms with Crippen molar-refractivity contribution >= 4 is 34.9 Å². The predicted octanol–water partition coefficient (Wildman–Crippen LogP) is 3.63. The summed E-state index contributed by atoms with van der Waals surface area (Å²) in [5.41, 5.74) is 8.58. The monoisotopic (exact) mass is 339 g/mol. The van der Waals surface area contributed by atoms with Gasteiger partial charge in [-0.15, -0.1) is 12.6 Å². The van der Waals surface area contributed by atoms with Gasteiger partial charge in [0, 0.05) is 35.3 Å². The number of fused-ring (bicyclic) bond motifs is 1. The van der Waals surface area contributed by atoms with Gasteiger partial charge in [0.1, 0.15) is 0 Å². The maximum atomic E-state index is 5.69. The van der Waals surface area contributed by atoms with E-state index in [0.717, 1.165) is 47.8 Å². The van der Waals surface area contributed by atoms with E-state index in [1.165, 1.54) is 5.69 Å². The van der Waals surface area contributed by atoms with E-state index in [4.69, 9.17) is 10.5 Å². The van der Waals surface area contributed by atoms with Crippen LogP contribution in [0.4, 0.5) is 11.4 Å². The van der Waals surface area contributed by atoms with Gasteiger partial charge < -0.3 is 15.4 Å². The molecule has 0 atom stereocenters. The number of pyridine rings is 1. The van der Waals surface area contributed by atoms with Crippen molar-refractivity contribution in [1.29, 1.82) is 0 Å². The lowest BCUT2D eigenvalue weighted by Crippen LogP contribution is -2.36. The summed E-state index contributed by atoms with van der Waals surface area (Å²) in [6, 6.07) is 17.9. The quantitative estimate of drug-likeness (QED) is 0.525. The van der Waals surface area contributed by atoms with Crippen LogP contribution in [-0.4, -0.2) is 31.3 Å². The van der Waals surface area contributed by atoms with Crippen LogP contribution >= 0.6 is 12.6 Å². The fourth-order valence-electron chi connectivity index (χ4n) is 2.61. The van der Waals surface area contributed by atoms with Gasteiger partial charge in [-0.2, -0.15) is 0 Å². The number of nitrogens with two attached hydrogens (primary N) is 1. The summed E-state index contributed by atoms with van der Waals surface area (Å²) >= 11 is 4.25. The molecule has 1 aromatic heterocycles. The Morgan fingerprint density at radius 1 is 0.958 bits per heavy atom. The average Bonchev–Trinajstić information content (AvgIpc) is 2.64. The molecule has 5 heteroatoms. The lowest BCUT2D eigenvalue weighted by atomic mass is 10.2. The molecule has 1 saturated heterocycles. The molecule has 4 nitrogen and oxygen atoms in total. The van der Waals surface area contributed by atoms with Crippen molar-refractivity contribution in [3.05, 3.63) is 60.8 Å². The van der Waals surface area contributed by atoms with Gasteiger partial charge in [0.2, 0.25) is 0 Å². The second-order valence-electron chi connectivity index (χ2n) is 5.54. The molecule has 124 valence electrons. The predicted molar refractivity (Wildman–Crippen MR) is 103 cm³/mol. The minimum atomic E-state index is 0.739. The van der Waals surface area contributed by atoms with Crippen LogP contribution in [0.2, 0.25) is 0 Å². The molecule has 0 unspecified atom stereocenters. The van der Waals surface area contributed by atoms with E-state index in [1.807, 2.05) is 42.5 Å². The largest absolute Gasteiger partial charge is 0.397 e. The molecular formula is C19H21N3OS. The minimum absolute atomic E-state index is 0.739. The van der Waals surface area contributed by atoms with E-state index in [1.54, 1.807) is 6.20 Å². The van der Waals surface area contributed by atoms with Crippen molar-refractivity contribution in [2.24, 2.45) is 0 Å². The summed E-state index contributed by atoms with van der Waals surface area (Å²) in [4.78, 5) is 7.50. The Kier molecular flexibility index (Phi) is 5.56. The Bertz CT molecular complexity index is 781. The highest BCUT2D eigenvalue weighted by Gasteiger charge is 2.10. The number of nitrogens with zero attached hydrogens (tertiary/aromatic N) is 2. The van der Waals surface area contributed by atoms with E-state index in [-0.39, 0.29) is 0 Å². The summed E-state index contributed by atoms with van der Waals surface area (Å²) in [6.45, 7) is 3.66. The average molecular weight is 339 g/mol. The highest BCUT2D eigenvalue weighted by atomic mass is 32.1. The zero-order chi connectivity index (χ0) is 16.8. The van der Waals surface area contributed by atoms with E-state index in [2.05, 4.69) is 34.6 Å². The Balaban J connectivity index is 0.000000143. The SMILES string of the molecule is Nc1cccc2cccnc12.Sc1ccc(N2CCOCC2)cc1. The number of aromatic nitrogens is 1. The van der Waals surface area contributed by atoms with Gasteiger partial charge in [0.05, 0.1) is 24.4 Å². The molecule has 24 heavy (non-hydrogen) atoms. The van der Waals surface area contributed by atoms with Gasteiger partial charge >= 0.3 is 0 Å². The first-order chi connectivity index (χ1) is 11.7. The van der Waals surface area contributed by atoms with Crippen LogP contribution in [0.5, 0.6) is 0 Å². The van der Waals surface area contributed by atoms with Gasteiger partial charge in [-0.05, 0) is 36.4 Å². The smallest absolute Gasteiger partial charge is 0.0931 e. The third kappa shape index (κ3) is 4.19. The lowest BCUT2D eigenvalue weighted by Gasteiger charge is -2.28. The first kappa shape index (κ1) is 16.6. The van der Waals surface area contributed by atoms with Crippen molar-refractivity contribution in [3.8, 4) is 0 Å². The van der Waals surface area contributed by atoms with Crippen molar-refractivity contribution < 1.29 is 4.74 Å². The van der Waals surface area contributed by atoms with Crippen molar-refractivity contribution in [3.63, 3.8) is 0 Å². The second-order valence-corrected chi connectivity index (χ2v) is 6.05. The molecule has 1 aliphatic rings. The van der Waals surface area contributed by atoms with Gasteiger partial charge in [-0.25, -0.2) is 0 Å². The Morgan fingerprint density at radius 2 is 1.67 bits per heavy atom. The highest BCUT2D eigenvalue weighted by molar-refractivity contribution is 7.80. The second kappa shape index (κ2) is 8.04. The molecule has 0 bridgehead atoms. The van der Waals surface area contributed by atoms with E-state index < -0.39 is 0 Å². The molecule has 2 N–H and O–H groups in total. The van der Waals surface area contributed by atoms with E-state index in [9.17, 15) is 0 Å². The maximum absolute atomic E-state index is 5.69.